The second-order valence-electron chi connectivity index (χ2n) is 9.53. The molecule has 0 aromatic heterocycles. The minimum atomic E-state index is -0.488. The molecule has 0 aliphatic carbocycles. The number of ether oxygens (including phenoxy) is 1. The van der Waals surface area contributed by atoms with E-state index in [4.69, 9.17) is 4.74 Å². The summed E-state index contributed by atoms with van der Waals surface area (Å²) in [7, 11) is 1.53. The Balaban J connectivity index is 1.36. The van der Waals surface area contributed by atoms with Crippen LogP contribution in [0.25, 0.3) is 0 Å². The van der Waals surface area contributed by atoms with Crippen LogP contribution < -0.4 is 15.0 Å². The fraction of sp³-hybridized carbons (Fsp3) is 0.640. The van der Waals surface area contributed by atoms with Gasteiger partial charge in [-0.1, -0.05) is 13.3 Å². The number of likely N-dealkylation sites (tertiary alicyclic amines) is 2. The lowest BCUT2D eigenvalue weighted by atomic mass is 9.91. The number of imide groups is 1. The number of anilines is 1. The monoisotopic (exact) mass is 456 g/mol. The first kappa shape index (κ1) is 23.5. The normalized spacial score (nSPS) is 21.3. The standard InChI is InChI=1S/C25H36N4O4/c1-3-18-6-11-27(12-7-18)17-19-8-13-28(14-9-19)24(31)20-4-5-22(33-2)21(16-20)29-15-10-23(30)26-25(29)32/h4-5,16,18-19H,3,6-15,17H2,1-2H3,(H,26,30,32). The van der Waals surface area contributed by atoms with Crippen LogP contribution in [0.3, 0.4) is 0 Å². The summed E-state index contributed by atoms with van der Waals surface area (Å²) in [6, 6.07) is 4.69. The molecule has 8 nitrogen and oxygen atoms in total. The molecule has 0 unspecified atom stereocenters. The number of carbonyl (C=O) groups is 3. The number of amides is 4. The van der Waals surface area contributed by atoms with Crippen molar-refractivity contribution in [3.8, 4) is 5.75 Å². The molecule has 3 aliphatic heterocycles. The lowest BCUT2D eigenvalue weighted by Gasteiger charge is -2.37. The van der Waals surface area contributed by atoms with Gasteiger partial charge in [0.2, 0.25) is 5.91 Å². The molecule has 33 heavy (non-hydrogen) atoms. The number of piperidine rings is 2. The Bertz CT molecular complexity index is 873. The highest BCUT2D eigenvalue weighted by Crippen LogP contribution is 2.32. The predicted octanol–water partition coefficient (Wildman–Crippen LogP) is 3.12. The number of nitrogens with one attached hydrogen (secondary N) is 1. The number of rotatable bonds is 6. The van der Waals surface area contributed by atoms with Crippen molar-refractivity contribution >= 4 is 23.5 Å². The lowest BCUT2D eigenvalue weighted by Crippen LogP contribution is -2.49. The van der Waals surface area contributed by atoms with E-state index in [0.717, 1.165) is 38.4 Å². The van der Waals surface area contributed by atoms with Crippen LogP contribution in [-0.2, 0) is 4.79 Å². The van der Waals surface area contributed by atoms with E-state index in [1.807, 2.05) is 4.90 Å². The largest absolute Gasteiger partial charge is 0.495 e. The molecule has 1 aromatic carbocycles. The molecule has 3 saturated heterocycles. The van der Waals surface area contributed by atoms with Crippen molar-refractivity contribution in [3.63, 3.8) is 0 Å². The maximum atomic E-state index is 13.2. The maximum Gasteiger partial charge on any atom is 0.328 e. The van der Waals surface area contributed by atoms with Gasteiger partial charge in [-0.05, 0) is 68.8 Å². The fourth-order valence-corrected chi connectivity index (χ4v) is 5.27. The van der Waals surface area contributed by atoms with Gasteiger partial charge in [-0.15, -0.1) is 0 Å². The van der Waals surface area contributed by atoms with E-state index in [1.54, 1.807) is 18.2 Å². The molecule has 0 bridgehead atoms. The summed E-state index contributed by atoms with van der Waals surface area (Å²) in [5.74, 6) is 1.73. The van der Waals surface area contributed by atoms with Crippen molar-refractivity contribution < 1.29 is 19.1 Å². The zero-order valence-electron chi connectivity index (χ0n) is 19.8. The number of hydrogen-bond acceptors (Lipinski definition) is 5. The third kappa shape index (κ3) is 5.49. The van der Waals surface area contributed by atoms with Crippen LogP contribution in [0, 0.1) is 11.8 Å². The number of benzene rings is 1. The molecule has 4 amide bonds. The molecule has 180 valence electrons. The molecule has 0 radical (unpaired) electrons. The number of methoxy groups -OCH3 is 1. The first-order valence-corrected chi connectivity index (χ1v) is 12.3. The zero-order valence-corrected chi connectivity index (χ0v) is 19.8. The SMILES string of the molecule is CCC1CCN(CC2CCN(C(=O)c3ccc(OC)c(N4CCC(=O)NC4=O)c3)CC2)CC1. The molecular formula is C25H36N4O4. The van der Waals surface area contributed by atoms with Crippen LogP contribution in [0.1, 0.15) is 55.8 Å². The van der Waals surface area contributed by atoms with Gasteiger partial charge in [0.15, 0.2) is 0 Å². The molecule has 0 saturated carbocycles. The second kappa shape index (κ2) is 10.5. The molecule has 0 atom stereocenters. The average Bonchev–Trinajstić information content (AvgIpc) is 2.84. The molecular weight excluding hydrogens is 420 g/mol. The Morgan fingerprint density at radius 1 is 1.03 bits per heavy atom. The lowest BCUT2D eigenvalue weighted by molar-refractivity contribution is -0.120. The van der Waals surface area contributed by atoms with Gasteiger partial charge in [0.05, 0.1) is 12.8 Å². The van der Waals surface area contributed by atoms with Crippen molar-refractivity contribution in [2.45, 2.75) is 45.4 Å². The summed E-state index contributed by atoms with van der Waals surface area (Å²) in [6.07, 6.45) is 6.20. The van der Waals surface area contributed by atoms with E-state index in [-0.39, 0.29) is 24.8 Å². The Morgan fingerprint density at radius 3 is 2.36 bits per heavy atom. The molecule has 3 heterocycles. The van der Waals surface area contributed by atoms with Gasteiger partial charge in [0, 0.05) is 38.2 Å². The fourth-order valence-electron chi connectivity index (χ4n) is 5.27. The van der Waals surface area contributed by atoms with E-state index in [0.29, 0.717) is 22.9 Å². The Labute approximate surface area is 196 Å². The van der Waals surface area contributed by atoms with Gasteiger partial charge in [-0.2, -0.15) is 0 Å². The Hall–Kier alpha value is -2.61. The molecule has 8 heteroatoms. The molecule has 1 N–H and O–H groups in total. The van der Waals surface area contributed by atoms with Crippen LogP contribution in [0.4, 0.5) is 10.5 Å². The molecule has 4 rings (SSSR count). The Morgan fingerprint density at radius 2 is 1.73 bits per heavy atom. The van der Waals surface area contributed by atoms with E-state index in [9.17, 15) is 14.4 Å². The first-order valence-electron chi connectivity index (χ1n) is 12.3. The highest BCUT2D eigenvalue weighted by molar-refractivity contribution is 6.07. The van der Waals surface area contributed by atoms with Crippen molar-refractivity contribution in [1.82, 2.24) is 15.1 Å². The second-order valence-corrected chi connectivity index (χ2v) is 9.53. The van der Waals surface area contributed by atoms with Gasteiger partial charge in [0.1, 0.15) is 5.75 Å². The van der Waals surface area contributed by atoms with E-state index < -0.39 is 6.03 Å². The third-order valence-corrected chi connectivity index (χ3v) is 7.47. The summed E-state index contributed by atoms with van der Waals surface area (Å²) in [6.45, 7) is 7.64. The van der Waals surface area contributed by atoms with E-state index >= 15 is 0 Å². The maximum absolute atomic E-state index is 13.2. The van der Waals surface area contributed by atoms with E-state index in [2.05, 4.69) is 17.1 Å². The number of urea groups is 1. The zero-order chi connectivity index (χ0) is 23.4. The quantitative estimate of drug-likeness (QED) is 0.711. The highest BCUT2D eigenvalue weighted by atomic mass is 16.5. The average molecular weight is 457 g/mol. The Kier molecular flexibility index (Phi) is 7.53. The summed E-state index contributed by atoms with van der Waals surface area (Å²) in [5, 5.41) is 2.33. The highest BCUT2D eigenvalue weighted by Gasteiger charge is 2.30. The third-order valence-electron chi connectivity index (χ3n) is 7.47. The molecule has 0 spiro atoms. The summed E-state index contributed by atoms with van der Waals surface area (Å²) in [5.41, 5.74) is 1.05. The predicted molar refractivity (Wildman–Crippen MR) is 127 cm³/mol. The smallest absolute Gasteiger partial charge is 0.328 e. The summed E-state index contributed by atoms with van der Waals surface area (Å²) >= 11 is 0. The minimum Gasteiger partial charge on any atom is -0.495 e. The summed E-state index contributed by atoms with van der Waals surface area (Å²) < 4.78 is 5.42. The van der Waals surface area contributed by atoms with Gasteiger partial charge < -0.3 is 14.5 Å². The van der Waals surface area contributed by atoms with Crippen LogP contribution >= 0.6 is 0 Å². The minimum absolute atomic E-state index is 0.0189. The number of nitrogens with zero attached hydrogens (tertiary/aromatic N) is 3. The van der Waals surface area contributed by atoms with Gasteiger partial charge in [-0.3, -0.25) is 19.8 Å². The van der Waals surface area contributed by atoms with Crippen molar-refractivity contribution in [2.24, 2.45) is 11.8 Å². The van der Waals surface area contributed by atoms with Crippen LogP contribution in [0.5, 0.6) is 5.75 Å². The van der Waals surface area contributed by atoms with Crippen LogP contribution in [0.15, 0.2) is 18.2 Å². The first-order chi connectivity index (χ1) is 16.0. The van der Waals surface area contributed by atoms with E-state index in [1.165, 1.54) is 44.4 Å². The summed E-state index contributed by atoms with van der Waals surface area (Å²) in [4.78, 5) is 43.1. The van der Waals surface area contributed by atoms with Gasteiger partial charge in [-0.25, -0.2) is 4.79 Å². The molecule has 3 fully saturated rings. The topological polar surface area (TPSA) is 82.2 Å². The van der Waals surface area contributed by atoms with Crippen molar-refractivity contribution in [3.05, 3.63) is 23.8 Å². The number of hydrogen-bond donors (Lipinski definition) is 1. The molecule has 3 aliphatic rings. The van der Waals surface area contributed by atoms with Gasteiger partial charge >= 0.3 is 6.03 Å². The van der Waals surface area contributed by atoms with Crippen molar-refractivity contribution in [1.29, 1.82) is 0 Å². The van der Waals surface area contributed by atoms with Crippen LogP contribution in [0.2, 0.25) is 0 Å². The van der Waals surface area contributed by atoms with Crippen molar-refractivity contribution in [2.75, 3.05) is 51.3 Å². The van der Waals surface area contributed by atoms with Crippen LogP contribution in [-0.4, -0.2) is 74.0 Å². The number of carbonyl (C=O) groups excluding carboxylic acids is 3. The molecule has 1 aromatic rings. The van der Waals surface area contributed by atoms with Gasteiger partial charge in [0.25, 0.3) is 5.91 Å².